The minimum absolute atomic E-state index is 0.00463. The van der Waals surface area contributed by atoms with Gasteiger partial charge in [0.1, 0.15) is 0 Å². The molecular weight excluding hydrogens is 230 g/mol. The molecule has 6 heteroatoms. The van der Waals surface area contributed by atoms with Crippen LogP contribution in [0.15, 0.2) is 12.8 Å². The lowest BCUT2D eigenvalue weighted by atomic mass is 10.3. The monoisotopic (exact) mass is 249 g/mol. The van der Waals surface area contributed by atoms with E-state index < -0.39 is 10.1 Å². The first-order chi connectivity index (χ1) is 7.26. The van der Waals surface area contributed by atoms with Crippen LogP contribution in [0.3, 0.4) is 0 Å². The molecule has 1 heterocycles. The lowest BCUT2D eigenvalue weighted by molar-refractivity contribution is -0.125. The van der Waals surface area contributed by atoms with Gasteiger partial charge in [0.2, 0.25) is 5.91 Å². The Hall–Kier alpha value is -0.880. The van der Waals surface area contributed by atoms with Gasteiger partial charge in [-0.05, 0) is 18.5 Å². The van der Waals surface area contributed by atoms with E-state index in [9.17, 15) is 13.2 Å². The third-order valence-electron chi connectivity index (χ3n) is 1.87. The SMILES string of the molecule is C=CN1CCCC1=O.CC(C)CS(=O)(=O)O. The van der Waals surface area contributed by atoms with E-state index >= 15 is 0 Å². The molecule has 0 aliphatic carbocycles. The van der Waals surface area contributed by atoms with Gasteiger partial charge in [-0.1, -0.05) is 20.4 Å². The Balaban J connectivity index is 0.000000281. The topological polar surface area (TPSA) is 74.7 Å². The van der Waals surface area contributed by atoms with E-state index in [0.717, 1.165) is 13.0 Å². The molecular formula is C10H19NO4S. The van der Waals surface area contributed by atoms with Crippen LogP contribution in [0.2, 0.25) is 0 Å². The summed E-state index contributed by atoms with van der Waals surface area (Å²) in [4.78, 5) is 12.3. The Labute approximate surface area is 96.9 Å². The van der Waals surface area contributed by atoms with E-state index in [4.69, 9.17) is 4.55 Å². The van der Waals surface area contributed by atoms with Crippen LogP contribution in [-0.4, -0.2) is 36.1 Å². The Morgan fingerprint density at radius 1 is 1.56 bits per heavy atom. The van der Waals surface area contributed by atoms with Crippen LogP contribution in [0.5, 0.6) is 0 Å². The predicted molar refractivity (Wildman–Crippen MR) is 62.4 cm³/mol. The number of carbonyl (C=O) groups is 1. The van der Waals surface area contributed by atoms with Crippen LogP contribution in [0, 0.1) is 5.92 Å². The van der Waals surface area contributed by atoms with Gasteiger partial charge in [0, 0.05) is 13.0 Å². The molecule has 1 saturated heterocycles. The number of rotatable bonds is 3. The van der Waals surface area contributed by atoms with Crippen molar-refractivity contribution in [3.8, 4) is 0 Å². The second kappa shape index (κ2) is 6.65. The lowest BCUT2D eigenvalue weighted by Crippen LogP contribution is -2.16. The summed E-state index contributed by atoms with van der Waals surface area (Å²) in [6, 6.07) is 0. The highest BCUT2D eigenvalue weighted by molar-refractivity contribution is 7.85. The van der Waals surface area contributed by atoms with E-state index in [-0.39, 0.29) is 17.6 Å². The standard InChI is InChI=1S/C6H9NO.C4H10O3S/c1-2-7-5-3-4-6(7)8;1-4(2)3-8(5,6)7/h2H,1,3-5H2;4H,3H2,1-2H3,(H,5,6,7). The van der Waals surface area contributed by atoms with Crippen molar-refractivity contribution >= 4 is 16.0 Å². The first kappa shape index (κ1) is 15.1. The lowest BCUT2D eigenvalue weighted by Gasteiger charge is -2.05. The van der Waals surface area contributed by atoms with E-state index in [1.807, 2.05) is 0 Å². The zero-order valence-corrected chi connectivity index (χ0v) is 10.5. The molecule has 0 aromatic heterocycles. The smallest absolute Gasteiger partial charge is 0.265 e. The quantitative estimate of drug-likeness (QED) is 0.765. The molecule has 0 unspecified atom stereocenters. The molecule has 5 nitrogen and oxygen atoms in total. The van der Waals surface area contributed by atoms with E-state index in [1.54, 1.807) is 24.9 Å². The van der Waals surface area contributed by atoms with Crippen LogP contribution >= 0.6 is 0 Å². The second-order valence-corrected chi connectivity index (χ2v) is 5.51. The van der Waals surface area contributed by atoms with Crippen molar-refractivity contribution in [1.29, 1.82) is 0 Å². The van der Waals surface area contributed by atoms with Crippen molar-refractivity contribution in [1.82, 2.24) is 4.90 Å². The molecule has 94 valence electrons. The van der Waals surface area contributed by atoms with Gasteiger partial charge >= 0.3 is 0 Å². The summed E-state index contributed by atoms with van der Waals surface area (Å²) in [5, 5.41) is 0. The first-order valence-electron chi connectivity index (χ1n) is 5.13. The molecule has 1 aliphatic heterocycles. The van der Waals surface area contributed by atoms with Crippen molar-refractivity contribution in [3.05, 3.63) is 12.8 Å². The first-order valence-corrected chi connectivity index (χ1v) is 6.74. The summed E-state index contributed by atoms with van der Waals surface area (Å²) in [6.45, 7) is 7.82. The zero-order valence-electron chi connectivity index (χ0n) is 9.72. The number of carbonyl (C=O) groups excluding carboxylic acids is 1. The summed E-state index contributed by atoms with van der Waals surface area (Å²) >= 11 is 0. The summed E-state index contributed by atoms with van der Waals surface area (Å²) in [6.07, 6.45) is 3.28. The maximum Gasteiger partial charge on any atom is 0.265 e. The molecule has 1 N–H and O–H groups in total. The van der Waals surface area contributed by atoms with Crippen molar-refractivity contribution in [3.63, 3.8) is 0 Å². The minimum Gasteiger partial charge on any atom is -0.320 e. The molecule has 0 aromatic rings. The van der Waals surface area contributed by atoms with Crippen molar-refractivity contribution in [2.24, 2.45) is 5.92 Å². The van der Waals surface area contributed by atoms with Gasteiger partial charge < -0.3 is 4.90 Å². The molecule has 0 radical (unpaired) electrons. The van der Waals surface area contributed by atoms with Crippen molar-refractivity contribution in [2.75, 3.05) is 12.3 Å². The van der Waals surface area contributed by atoms with Crippen LogP contribution in [0.1, 0.15) is 26.7 Å². The van der Waals surface area contributed by atoms with Gasteiger partial charge in [-0.25, -0.2) is 0 Å². The fourth-order valence-electron chi connectivity index (χ4n) is 1.28. The second-order valence-electron chi connectivity index (χ2n) is 4.02. The molecule has 0 aromatic carbocycles. The zero-order chi connectivity index (χ0) is 12.8. The van der Waals surface area contributed by atoms with Crippen LogP contribution < -0.4 is 0 Å². The van der Waals surface area contributed by atoms with Gasteiger partial charge in [-0.15, -0.1) is 0 Å². The number of nitrogens with zero attached hydrogens (tertiary/aromatic N) is 1. The normalized spacial score (nSPS) is 16.0. The molecule has 1 aliphatic rings. The third kappa shape index (κ3) is 7.42. The molecule has 1 rings (SSSR count). The van der Waals surface area contributed by atoms with Crippen molar-refractivity contribution in [2.45, 2.75) is 26.7 Å². The van der Waals surface area contributed by atoms with Gasteiger partial charge in [0.05, 0.1) is 5.75 Å². The highest BCUT2D eigenvalue weighted by Crippen LogP contribution is 2.08. The van der Waals surface area contributed by atoms with Gasteiger partial charge in [0.15, 0.2) is 0 Å². The predicted octanol–water partition coefficient (Wildman–Crippen LogP) is 1.28. The molecule has 1 amide bonds. The summed E-state index contributed by atoms with van der Waals surface area (Å²) in [5.74, 6) is 0.0671. The average Bonchev–Trinajstić information content (AvgIpc) is 2.47. The van der Waals surface area contributed by atoms with Crippen LogP contribution in [-0.2, 0) is 14.9 Å². The molecule has 1 fully saturated rings. The van der Waals surface area contributed by atoms with E-state index in [2.05, 4.69) is 6.58 Å². The minimum atomic E-state index is -3.72. The maximum absolute atomic E-state index is 10.7. The van der Waals surface area contributed by atoms with Gasteiger partial charge in [0.25, 0.3) is 10.1 Å². The molecule has 0 bridgehead atoms. The van der Waals surface area contributed by atoms with Crippen LogP contribution in [0.4, 0.5) is 0 Å². The van der Waals surface area contributed by atoms with E-state index in [1.165, 1.54) is 0 Å². The molecule has 0 saturated carbocycles. The molecule has 0 spiro atoms. The average molecular weight is 249 g/mol. The fraction of sp³-hybridized carbons (Fsp3) is 0.700. The Morgan fingerprint density at radius 3 is 2.25 bits per heavy atom. The van der Waals surface area contributed by atoms with Gasteiger partial charge in [-0.3, -0.25) is 9.35 Å². The number of hydrogen-bond acceptors (Lipinski definition) is 3. The largest absolute Gasteiger partial charge is 0.320 e. The summed E-state index contributed by atoms with van der Waals surface area (Å²) in [5.41, 5.74) is 0. The van der Waals surface area contributed by atoms with Crippen molar-refractivity contribution < 1.29 is 17.8 Å². The highest BCUT2D eigenvalue weighted by atomic mass is 32.2. The van der Waals surface area contributed by atoms with Crippen LogP contribution in [0.25, 0.3) is 0 Å². The number of hydrogen-bond donors (Lipinski definition) is 1. The number of amides is 1. The number of likely N-dealkylation sites (tertiary alicyclic amines) is 1. The molecule has 16 heavy (non-hydrogen) atoms. The summed E-state index contributed by atoms with van der Waals surface area (Å²) in [7, 11) is -3.72. The maximum atomic E-state index is 10.7. The molecule has 0 atom stereocenters. The fourth-order valence-corrected chi connectivity index (χ4v) is 2.13. The van der Waals surface area contributed by atoms with Gasteiger partial charge in [-0.2, -0.15) is 8.42 Å². The summed E-state index contributed by atoms with van der Waals surface area (Å²) < 4.78 is 28.2. The highest BCUT2D eigenvalue weighted by Gasteiger charge is 2.16. The Morgan fingerprint density at radius 2 is 2.12 bits per heavy atom. The Kier molecular flexibility index (Phi) is 6.28. The van der Waals surface area contributed by atoms with E-state index in [0.29, 0.717) is 6.42 Å². The Bertz CT molecular complexity index is 335. The third-order valence-corrected chi connectivity index (χ3v) is 2.96.